The lowest BCUT2D eigenvalue weighted by atomic mass is 9.65. The molecule has 1 N–H and O–H groups in total. The largest absolute Gasteiger partial charge is 0.390 e. The molecule has 2 aliphatic carbocycles. The van der Waals surface area contributed by atoms with Crippen molar-refractivity contribution >= 4 is 22.1 Å². The minimum atomic E-state index is -0.498. The highest BCUT2D eigenvalue weighted by atomic mass is 16.3. The van der Waals surface area contributed by atoms with Crippen LogP contribution in [-0.2, 0) is 0 Å². The maximum Gasteiger partial charge on any atom is 0.206 e. The van der Waals surface area contributed by atoms with Crippen molar-refractivity contribution in [1.29, 1.82) is 0 Å². The molecule has 7 heteroatoms. The maximum atomic E-state index is 10.2. The van der Waals surface area contributed by atoms with Gasteiger partial charge in [0.2, 0.25) is 5.82 Å². The first kappa shape index (κ1) is 22.0. The van der Waals surface area contributed by atoms with Crippen molar-refractivity contribution < 1.29 is 5.11 Å². The van der Waals surface area contributed by atoms with Gasteiger partial charge in [0, 0.05) is 29.5 Å². The number of hydrogen-bond acceptors (Lipinski definition) is 6. The fourth-order valence-corrected chi connectivity index (χ4v) is 5.75. The van der Waals surface area contributed by atoms with Crippen LogP contribution in [0.5, 0.6) is 0 Å². The van der Waals surface area contributed by atoms with Gasteiger partial charge in [-0.2, -0.15) is 0 Å². The van der Waals surface area contributed by atoms with Gasteiger partial charge in [0.25, 0.3) is 0 Å². The zero-order valence-electron chi connectivity index (χ0n) is 20.5. The van der Waals surface area contributed by atoms with E-state index in [-0.39, 0.29) is 0 Å². The molecule has 0 spiro atoms. The normalized spacial score (nSPS) is 23.2. The summed E-state index contributed by atoms with van der Waals surface area (Å²) in [4.78, 5) is 13.9. The monoisotopic (exact) mass is 486 g/mol. The van der Waals surface area contributed by atoms with Crippen molar-refractivity contribution in [1.82, 2.24) is 29.5 Å². The van der Waals surface area contributed by atoms with Crippen LogP contribution in [-0.4, -0.2) is 40.3 Å². The Bertz CT molecular complexity index is 1680. The standard InChI is InChI=1S/C30H26N6O/c1-30(37)17-22(18-30)19-8-10-21(11-9-19)26-23(20-6-3-2-4-7-20)16-24-25(33-26)12-15-36-28(24)34-35-29(36)27-31-13-5-14-32-27/h2-8,10-16,19,22,37H,9,17-18H2,1H3. The molecule has 0 radical (unpaired) electrons. The summed E-state index contributed by atoms with van der Waals surface area (Å²) in [6, 6.07) is 16.3. The van der Waals surface area contributed by atoms with E-state index < -0.39 is 5.60 Å². The molecule has 5 aromatic rings. The molecule has 0 saturated heterocycles. The van der Waals surface area contributed by atoms with E-state index in [1.54, 1.807) is 18.5 Å². The SMILES string of the molecule is CC1(O)CC(C2C=CC(c3nc4ccn5c(-c6ncccn6)nnc5c4cc3-c3ccccc3)=CC2)C1. The Morgan fingerprint density at radius 1 is 1.00 bits per heavy atom. The number of hydrogen-bond donors (Lipinski definition) is 1. The van der Waals surface area contributed by atoms with Crippen LogP contribution in [0.15, 0.2) is 85.3 Å². The number of aromatic nitrogens is 6. The number of fused-ring (bicyclic) bond motifs is 3. The van der Waals surface area contributed by atoms with Crippen LogP contribution in [0.3, 0.4) is 0 Å². The van der Waals surface area contributed by atoms with Gasteiger partial charge in [-0.25, -0.2) is 15.0 Å². The van der Waals surface area contributed by atoms with Crippen molar-refractivity contribution in [3.05, 3.63) is 91.0 Å². The van der Waals surface area contributed by atoms with Gasteiger partial charge in [-0.3, -0.25) is 4.40 Å². The summed E-state index contributed by atoms with van der Waals surface area (Å²) in [6.07, 6.45) is 14.9. The lowest BCUT2D eigenvalue weighted by molar-refractivity contribution is -0.0696. The summed E-state index contributed by atoms with van der Waals surface area (Å²) in [5, 5.41) is 20.0. The second-order valence-electron chi connectivity index (χ2n) is 10.4. The van der Waals surface area contributed by atoms with E-state index in [2.05, 4.69) is 68.7 Å². The second kappa shape index (κ2) is 8.42. The number of aliphatic hydroxyl groups is 1. The van der Waals surface area contributed by atoms with Crippen LogP contribution < -0.4 is 0 Å². The van der Waals surface area contributed by atoms with E-state index in [1.165, 1.54) is 0 Å². The molecule has 7 rings (SSSR count). The van der Waals surface area contributed by atoms with E-state index in [1.807, 2.05) is 29.7 Å². The molecule has 0 amide bonds. The highest BCUT2D eigenvalue weighted by Gasteiger charge is 2.41. The van der Waals surface area contributed by atoms with Crippen LogP contribution in [0.25, 0.3) is 44.9 Å². The Morgan fingerprint density at radius 3 is 2.54 bits per heavy atom. The molecule has 1 atom stereocenters. The molecule has 2 aliphatic rings. The minimum Gasteiger partial charge on any atom is -0.390 e. The van der Waals surface area contributed by atoms with Gasteiger partial charge in [-0.15, -0.1) is 10.2 Å². The first-order valence-corrected chi connectivity index (χ1v) is 12.7. The Labute approximate surface area is 214 Å². The van der Waals surface area contributed by atoms with Gasteiger partial charge in [-0.1, -0.05) is 48.6 Å². The molecule has 4 aromatic heterocycles. The van der Waals surface area contributed by atoms with E-state index in [0.29, 0.717) is 23.5 Å². The highest BCUT2D eigenvalue weighted by Crippen LogP contribution is 2.45. The van der Waals surface area contributed by atoms with Crippen LogP contribution >= 0.6 is 0 Å². The number of nitrogens with zero attached hydrogens (tertiary/aromatic N) is 6. The molecule has 7 nitrogen and oxygen atoms in total. The number of allylic oxidation sites excluding steroid dienone is 4. The summed E-state index contributed by atoms with van der Waals surface area (Å²) in [6.45, 7) is 1.94. The van der Waals surface area contributed by atoms with Crippen LogP contribution in [0, 0.1) is 11.8 Å². The molecule has 37 heavy (non-hydrogen) atoms. The Hall–Kier alpha value is -4.23. The molecule has 1 unspecified atom stereocenters. The third-order valence-electron chi connectivity index (χ3n) is 7.64. The average molecular weight is 487 g/mol. The molecule has 4 heterocycles. The topological polar surface area (TPSA) is 89.1 Å². The zero-order chi connectivity index (χ0) is 25.0. The third kappa shape index (κ3) is 3.83. The van der Waals surface area contributed by atoms with Crippen molar-refractivity contribution in [2.24, 2.45) is 11.8 Å². The minimum absolute atomic E-state index is 0.471. The third-order valence-corrected chi connectivity index (χ3v) is 7.64. The summed E-state index contributed by atoms with van der Waals surface area (Å²) in [5.74, 6) is 2.15. The molecule has 0 aliphatic heterocycles. The lowest BCUT2D eigenvalue weighted by Crippen LogP contribution is -2.43. The number of rotatable bonds is 4. The molecule has 182 valence electrons. The predicted octanol–water partition coefficient (Wildman–Crippen LogP) is 5.52. The van der Waals surface area contributed by atoms with Gasteiger partial charge in [-0.05, 0) is 67.4 Å². The Balaban J connectivity index is 1.34. The highest BCUT2D eigenvalue weighted by molar-refractivity contribution is 5.98. The van der Waals surface area contributed by atoms with Crippen molar-refractivity contribution in [2.45, 2.75) is 31.8 Å². The van der Waals surface area contributed by atoms with Crippen molar-refractivity contribution in [3.8, 4) is 22.8 Å². The Morgan fingerprint density at radius 2 is 1.81 bits per heavy atom. The molecule has 1 aromatic carbocycles. The van der Waals surface area contributed by atoms with Gasteiger partial charge >= 0.3 is 0 Å². The van der Waals surface area contributed by atoms with E-state index >= 15 is 0 Å². The number of pyridine rings is 2. The van der Waals surface area contributed by atoms with Gasteiger partial charge < -0.3 is 5.11 Å². The first-order chi connectivity index (χ1) is 18.1. The van der Waals surface area contributed by atoms with Crippen molar-refractivity contribution in [2.75, 3.05) is 0 Å². The molecular formula is C30H26N6O. The first-order valence-electron chi connectivity index (χ1n) is 12.7. The van der Waals surface area contributed by atoms with Gasteiger partial charge in [0.15, 0.2) is 11.5 Å². The summed E-state index contributed by atoms with van der Waals surface area (Å²) in [7, 11) is 0. The Kier molecular flexibility index (Phi) is 5.01. The van der Waals surface area contributed by atoms with Gasteiger partial charge in [0.1, 0.15) is 0 Å². The molecular weight excluding hydrogens is 460 g/mol. The second-order valence-corrected chi connectivity index (χ2v) is 10.4. The number of benzene rings is 1. The molecule has 1 saturated carbocycles. The van der Waals surface area contributed by atoms with E-state index in [4.69, 9.17) is 4.98 Å². The molecule has 1 fully saturated rings. The van der Waals surface area contributed by atoms with Crippen LogP contribution in [0.2, 0.25) is 0 Å². The van der Waals surface area contributed by atoms with Gasteiger partial charge in [0.05, 0.1) is 16.8 Å². The van der Waals surface area contributed by atoms with E-state index in [0.717, 1.165) is 58.2 Å². The zero-order valence-corrected chi connectivity index (χ0v) is 20.5. The lowest BCUT2D eigenvalue weighted by Gasteiger charge is -2.44. The van der Waals surface area contributed by atoms with Crippen LogP contribution in [0.1, 0.15) is 31.9 Å². The van der Waals surface area contributed by atoms with E-state index in [9.17, 15) is 5.11 Å². The maximum absolute atomic E-state index is 10.2. The summed E-state index contributed by atoms with van der Waals surface area (Å²) >= 11 is 0. The quantitative estimate of drug-likeness (QED) is 0.360. The molecule has 0 bridgehead atoms. The fraction of sp³-hybridized carbons (Fsp3) is 0.233. The summed E-state index contributed by atoms with van der Waals surface area (Å²) in [5.41, 5.74) is 5.34. The van der Waals surface area contributed by atoms with Crippen molar-refractivity contribution in [3.63, 3.8) is 0 Å². The van der Waals surface area contributed by atoms with Crippen LogP contribution in [0.4, 0.5) is 0 Å². The average Bonchev–Trinajstić information content (AvgIpc) is 3.37. The predicted molar refractivity (Wildman–Crippen MR) is 143 cm³/mol. The fourth-order valence-electron chi connectivity index (χ4n) is 5.75. The summed E-state index contributed by atoms with van der Waals surface area (Å²) < 4.78 is 1.92. The smallest absolute Gasteiger partial charge is 0.206 e.